The van der Waals surface area contributed by atoms with Crippen molar-refractivity contribution < 1.29 is 24.3 Å². The first-order valence-corrected chi connectivity index (χ1v) is 15.8. The van der Waals surface area contributed by atoms with Gasteiger partial charge in [0.05, 0.1) is 0 Å². The van der Waals surface area contributed by atoms with Gasteiger partial charge >= 0.3 is 26.8 Å². The summed E-state index contributed by atoms with van der Waals surface area (Å²) in [6.07, 6.45) is 0. The zero-order valence-corrected chi connectivity index (χ0v) is 29.5. The van der Waals surface area contributed by atoms with Gasteiger partial charge in [0, 0.05) is 0 Å². The van der Waals surface area contributed by atoms with Crippen LogP contribution in [-0.2, 0) is 30.0 Å². The molecule has 0 fully saturated rings. The van der Waals surface area contributed by atoms with Gasteiger partial charge in [-0.1, -0.05) is 107 Å². The molecule has 0 bridgehead atoms. The van der Waals surface area contributed by atoms with Gasteiger partial charge in [-0.15, -0.1) is 64.6 Å². The fourth-order valence-corrected chi connectivity index (χ4v) is 4.13. The van der Waals surface area contributed by atoms with E-state index in [1.807, 2.05) is 30.3 Å². The second kappa shape index (κ2) is 18.7. The summed E-state index contributed by atoms with van der Waals surface area (Å²) in [6.45, 7) is 23.6. The number of phenols is 1. The Hall–Kier alpha value is -1.68. The van der Waals surface area contributed by atoms with Crippen LogP contribution in [0.1, 0.15) is 66.5 Å². The van der Waals surface area contributed by atoms with Gasteiger partial charge in [-0.3, -0.25) is 0 Å². The molecule has 5 aromatic carbocycles. The molecule has 0 atom stereocenters. The number of rotatable bonds is 0. The molecular weight excluding hydrogens is 583 g/mol. The summed E-state index contributed by atoms with van der Waals surface area (Å²) >= 11 is 1.81. The van der Waals surface area contributed by atoms with Crippen LogP contribution in [0.4, 0.5) is 0 Å². The van der Waals surface area contributed by atoms with Crippen LogP contribution in [0.5, 0.6) is 5.75 Å². The van der Waals surface area contributed by atoms with E-state index in [1.54, 1.807) is 45.2 Å². The van der Waals surface area contributed by atoms with Crippen LogP contribution in [0, 0.1) is 13.8 Å². The summed E-state index contributed by atoms with van der Waals surface area (Å²) < 4.78 is 0. The molecule has 0 saturated carbocycles. The van der Waals surface area contributed by atoms with E-state index in [0.717, 1.165) is 10.8 Å². The molecule has 5 heteroatoms. The molecule has 0 aliphatic rings. The van der Waals surface area contributed by atoms with Crippen LogP contribution in [0.25, 0.3) is 32.3 Å². The molecule has 0 saturated heterocycles. The van der Waals surface area contributed by atoms with Crippen molar-refractivity contribution in [3.8, 4) is 5.75 Å². The van der Waals surface area contributed by atoms with Gasteiger partial charge in [0.2, 0.25) is 0 Å². The van der Waals surface area contributed by atoms with Crippen LogP contribution in [0.3, 0.4) is 0 Å². The summed E-state index contributed by atoms with van der Waals surface area (Å²) in [4.78, 5) is 0. The third-order valence-electron chi connectivity index (χ3n) is 6.17. The summed E-state index contributed by atoms with van der Waals surface area (Å²) in [5.74, 6) is 0.323. The molecule has 0 aliphatic carbocycles. The first-order chi connectivity index (χ1) is 18.0. The molecule has 0 aromatic heterocycles. The second-order valence-electron chi connectivity index (χ2n) is 10.8. The number of phenolic OH excluding ortho intramolecular Hbond substituents is 1. The van der Waals surface area contributed by atoms with E-state index < -0.39 is 0 Å². The molecule has 1 nitrogen and oxygen atoms in total. The zero-order valence-electron chi connectivity index (χ0n) is 25.3. The summed E-state index contributed by atoms with van der Waals surface area (Å²) in [7, 11) is 2.97. The Morgan fingerprint density at radius 1 is 0.600 bits per heavy atom. The Bertz CT molecular complexity index is 1360. The minimum absolute atomic E-state index is 0. The van der Waals surface area contributed by atoms with E-state index in [1.165, 1.54) is 32.7 Å². The second-order valence-corrected chi connectivity index (χ2v) is 10.8. The average Bonchev–Trinajstić information content (AvgIpc) is 3.29. The number of hydrogen-bond donors (Lipinski definition) is 1. The summed E-state index contributed by atoms with van der Waals surface area (Å²) in [6, 6.07) is 29.5. The zero-order chi connectivity index (χ0) is 29.1. The fraction of sp³-hybridized carbons (Fsp3) is 0.286. The summed E-state index contributed by atoms with van der Waals surface area (Å²) in [5, 5.41) is 16.8. The Kier molecular flexibility index (Phi) is 18.9. The van der Waals surface area contributed by atoms with E-state index in [0.29, 0.717) is 5.75 Å². The van der Waals surface area contributed by atoms with Gasteiger partial charge in [0.15, 0.2) is 0 Å². The SMILES string of the molecule is CC(C)(C)c1ccc2c(c1)[cH-]c1cc(C(C)(C)C)ccc12.Cl.Cl.Oc1ccc2ccccc2c1.[CH2-]C.[CH2-]C.[Si]=[Ti]. The topological polar surface area (TPSA) is 20.2 Å². The standard InChI is InChI=1S/C21H25.C10H8O.2C2H5.2ClH.Si.Ti/c1-20(2,3)16-7-9-18-14(12-16)11-15-13-17(21(4,5)6)8-10-19(15)18;11-10-6-5-8-3-1-2-4-9(8)7-10;2*1-2;;;;/h7-13H,1-6H3;1-7,11H;2*1H2,2H3;2*1H;;/q-1;;2*-1;;;;. The van der Waals surface area contributed by atoms with Crippen molar-refractivity contribution in [3.63, 3.8) is 0 Å². The van der Waals surface area contributed by atoms with Gasteiger partial charge in [-0.05, 0) is 33.7 Å². The maximum absolute atomic E-state index is 9.13. The Labute approximate surface area is 269 Å². The fourth-order valence-electron chi connectivity index (χ4n) is 4.13. The number of aromatic hydroxyl groups is 1. The first-order valence-electron chi connectivity index (χ1n) is 13.0. The van der Waals surface area contributed by atoms with E-state index in [-0.39, 0.29) is 35.6 Å². The van der Waals surface area contributed by atoms with E-state index in [2.05, 4.69) is 105 Å². The van der Waals surface area contributed by atoms with Crippen molar-refractivity contribution in [2.24, 2.45) is 0 Å². The molecule has 1 N–H and O–H groups in total. The van der Waals surface area contributed by atoms with E-state index in [4.69, 9.17) is 5.11 Å². The van der Waals surface area contributed by atoms with Crippen molar-refractivity contribution in [2.45, 2.75) is 66.2 Å². The molecule has 0 amide bonds. The van der Waals surface area contributed by atoms with Crippen molar-refractivity contribution in [2.75, 3.05) is 0 Å². The number of halogens is 2. The Morgan fingerprint density at radius 3 is 1.40 bits per heavy atom. The number of hydrogen-bond acceptors (Lipinski definition) is 1. The van der Waals surface area contributed by atoms with Gasteiger partial charge in [-0.2, -0.15) is 13.8 Å². The summed E-state index contributed by atoms with van der Waals surface area (Å²) in [5.41, 5.74) is 3.21. The van der Waals surface area contributed by atoms with Crippen LogP contribution >= 0.6 is 24.8 Å². The minimum atomic E-state index is 0. The monoisotopic (exact) mass is 627 g/mol. The molecule has 216 valence electrons. The molecule has 5 rings (SSSR count). The molecule has 0 aliphatic heterocycles. The molecule has 0 heterocycles. The van der Waals surface area contributed by atoms with Crippen molar-refractivity contribution in [1.82, 2.24) is 0 Å². The van der Waals surface area contributed by atoms with Crippen molar-refractivity contribution in [1.29, 1.82) is 0 Å². The van der Waals surface area contributed by atoms with Crippen LogP contribution in [0.15, 0.2) is 84.9 Å². The molecular formula is C35H45Cl2OSiTi-3. The Morgan fingerprint density at radius 2 is 1.00 bits per heavy atom. The predicted molar refractivity (Wildman–Crippen MR) is 182 cm³/mol. The molecule has 5 aromatic rings. The molecule has 2 radical (unpaired) electrons. The van der Waals surface area contributed by atoms with Gasteiger partial charge in [0.1, 0.15) is 5.75 Å². The van der Waals surface area contributed by atoms with Gasteiger partial charge < -0.3 is 19.0 Å². The van der Waals surface area contributed by atoms with Crippen LogP contribution < -0.4 is 0 Å². The quantitative estimate of drug-likeness (QED) is 0.134. The van der Waals surface area contributed by atoms with Gasteiger partial charge in [-0.25, -0.2) is 0 Å². The normalized spacial score (nSPS) is 10.1. The Balaban J connectivity index is 0. The molecule has 40 heavy (non-hydrogen) atoms. The molecule has 0 spiro atoms. The average molecular weight is 629 g/mol. The van der Waals surface area contributed by atoms with Gasteiger partial charge in [0.25, 0.3) is 0 Å². The number of benzene rings is 4. The van der Waals surface area contributed by atoms with Crippen LogP contribution in [0.2, 0.25) is 0 Å². The third kappa shape index (κ3) is 11.0. The van der Waals surface area contributed by atoms with Crippen molar-refractivity contribution >= 4 is 64.8 Å². The van der Waals surface area contributed by atoms with Crippen LogP contribution in [-0.4, -0.2) is 12.7 Å². The third-order valence-corrected chi connectivity index (χ3v) is 6.17. The van der Waals surface area contributed by atoms with Crippen molar-refractivity contribution in [3.05, 3.63) is 110 Å². The first kappa shape index (κ1) is 40.5. The van der Waals surface area contributed by atoms with E-state index in [9.17, 15) is 0 Å². The number of fused-ring (bicyclic) bond motifs is 4. The van der Waals surface area contributed by atoms with E-state index >= 15 is 0 Å². The maximum atomic E-state index is 9.13. The predicted octanol–water partition coefficient (Wildman–Crippen LogP) is 11.0. The molecule has 0 unspecified atom stereocenters.